The summed E-state index contributed by atoms with van der Waals surface area (Å²) < 4.78 is 7.04. The van der Waals surface area contributed by atoms with Gasteiger partial charge in [0.25, 0.3) is 0 Å². The molecule has 0 unspecified atom stereocenters. The van der Waals surface area contributed by atoms with Crippen molar-refractivity contribution in [2.75, 3.05) is 6.61 Å². The van der Waals surface area contributed by atoms with Gasteiger partial charge in [0.15, 0.2) is 5.65 Å². The Hall–Kier alpha value is -3.54. The molecule has 0 spiro atoms. The summed E-state index contributed by atoms with van der Waals surface area (Å²) in [6, 6.07) is 15.2. The van der Waals surface area contributed by atoms with Crippen LogP contribution in [0.15, 0.2) is 60.9 Å². The molecule has 4 aromatic rings. The van der Waals surface area contributed by atoms with Crippen molar-refractivity contribution < 1.29 is 9.53 Å². The van der Waals surface area contributed by atoms with Crippen LogP contribution in [0.25, 0.3) is 28.0 Å². The second-order valence-electron chi connectivity index (χ2n) is 6.04. The van der Waals surface area contributed by atoms with Crippen LogP contribution in [0, 0.1) is 6.92 Å². The molecular weight excluding hydrogens is 340 g/mol. The van der Waals surface area contributed by atoms with E-state index in [0.29, 0.717) is 28.9 Å². The fourth-order valence-electron chi connectivity index (χ4n) is 3.08. The Bertz CT molecular complexity index is 1110. The van der Waals surface area contributed by atoms with Crippen LogP contribution in [-0.2, 0) is 4.74 Å². The monoisotopic (exact) mass is 358 g/mol. The molecule has 0 bridgehead atoms. The minimum atomic E-state index is -0.379. The molecule has 6 nitrogen and oxygen atoms in total. The lowest BCUT2D eigenvalue weighted by Gasteiger charge is -2.09. The van der Waals surface area contributed by atoms with Crippen LogP contribution in [0.1, 0.15) is 23.0 Å². The first-order valence-corrected chi connectivity index (χ1v) is 8.72. The summed E-state index contributed by atoms with van der Waals surface area (Å²) in [4.78, 5) is 21.5. The molecule has 0 fully saturated rings. The minimum absolute atomic E-state index is 0.305. The summed E-state index contributed by atoms with van der Waals surface area (Å²) >= 11 is 0. The summed E-state index contributed by atoms with van der Waals surface area (Å²) in [5.74, 6) is -0.379. The maximum Gasteiger partial charge on any atom is 0.339 e. The number of benzene rings is 1. The van der Waals surface area contributed by atoms with Gasteiger partial charge in [-0.15, -0.1) is 0 Å². The number of nitrogens with zero attached hydrogens (tertiary/aromatic N) is 4. The first-order valence-electron chi connectivity index (χ1n) is 8.72. The van der Waals surface area contributed by atoms with E-state index in [1.54, 1.807) is 30.1 Å². The van der Waals surface area contributed by atoms with Crippen LogP contribution in [0.3, 0.4) is 0 Å². The van der Waals surface area contributed by atoms with Crippen molar-refractivity contribution >= 4 is 17.0 Å². The zero-order chi connectivity index (χ0) is 18.8. The molecule has 134 valence electrons. The molecule has 0 saturated heterocycles. The van der Waals surface area contributed by atoms with E-state index < -0.39 is 0 Å². The second kappa shape index (κ2) is 6.99. The molecule has 0 amide bonds. The fraction of sp³-hybridized carbons (Fsp3) is 0.143. The Labute approximate surface area is 156 Å². The van der Waals surface area contributed by atoms with Crippen LogP contribution in [0.5, 0.6) is 0 Å². The maximum atomic E-state index is 12.6. The van der Waals surface area contributed by atoms with E-state index in [1.165, 1.54) is 0 Å². The molecule has 0 atom stereocenters. The average molecular weight is 358 g/mol. The molecule has 0 aliphatic heterocycles. The number of fused-ring (bicyclic) bond motifs is 1. The number of esters is 1. The zero-order valence-corrected chi connectivity index (χ0v) is 15.1. The van der Waals surface area contributed by atoms with Crippen LogP contribution in [0.2, 0.25) is 0 Å². The Morgan fingerprint density at radius 2 is 1.85 bits per heavy atom. The average Bonchev–Trinajstić information content (AvgIpc) is 3.05. The number of pyridine rings is 2. The third-order valence-electron chi connectivity index (χ3n) is 4.28. The van der Waals surface area contributed by atoms with E-state index in [1.807, 2.05) is 49.4 Å². The molecule has 6 heteroatoms. The van der Waals surface area contributed by atoms with Crippen LogP contribution < -0.4 is 0 Å². The number of aryl methyl sites for hydroxylation is 1. The van der Waals surface area contributed by atoms with Crippen molar-refractivity contribution in [1.29, 1.82) is 0 Å². The summed E-state index contributed by atoms with van der Waals surface area (Å²) in [5, 5.41) is 5.34. The third-order valence-corrected chi connectivity index (χ3v) is 4.28. The predicted octanol–water partition coefficient (Wildman–Crippen LogP) is 3.97. The lowest BCUT2D eigenvalue weighted by Crippen LogP contribution is -2.07. The first-order chi connectivity index (χ1) is 13.2. The zero-order valence-electron chi connectivity index (χ0n) is 15.1. The summed E-state index contributed by atoms with van der Waals surface area (Å²) in [5.41, 5.74) is 4.24. The summed E-state index contributed by atoms with van der Waals surface area (Å²) in [6.45, 7) is 3.97. The van der Waals surface area contributed by atoms with Crippen molar-refractivity contribution in [3.05, 3.63) is 72.2 Å². The van der Waals surface area contributed by atoms with Crippen molar-refractivity contribution in [2.24, 2.45) is 0 Å². The molecule has 0 saturated carbocycles. The molecule has 1 aromatic carbocycles. The highest BCUT2D eigenvalue weighted by Gasteiger charge is 2.21. The summed E-state index contributed by atoms with van der Waals surface area (Å²) in [7, 11) is 0. The van der Waals surface area contributed by atoms with Gasteiger partial charge in [-0.1, -0.05) is 18.2 Å². The first kappa shape index (κ1) is 16.9. The van der Waals surface area contributed by atoms with Gasteiger partial charge in [-0.25, -0.2) is 14.5 Å². The molecule has 0 aliphatic rings. The number of hydrogen-bond donors (Lipinski definition) is 0. The highest BCUT2D eigenvalue weighted by atomic mass is 16.5. The van der Waals surface area contributed by atoms with E-state index in [9.17, 15) is 4.79 Å². The molecule has 0 N–H and O–H groups in total. The highest BCUT2D eigenvalue weighted by Crippen LogP contribution is 2.29. The van der Waals surface area contributed by atoms with Gasteiger partial charge in [0.05, 0.1) is 34.6 Å². The molecule has 27 heavy (non-hydrogen) atoms. The fourth-order valence-corrected chi connectivity index (χ4v) is 3.08. The molecule has 3 aromatic heterocycles. The SMILES string of the molecule is CCOC(=O)c1cc(-c2ccncc2)nc2c1c(C)nn2-c1ccccc1. The Morgan fingerprint density at radius 1 is 1.11 bits per heavy atom. The Kier molecular flexibility index (Phi) is 4.38. The van der Waals surface area contributed by atoms with Crippen molar-refractivity contribution in [3.63, 3.8) is 0 Å². The van der Waals surface area contributed by atoms with Crippen molar-refractivity contribution in [2.45, 2.75) is 13.8 Å². The van der Waals surface area contributed by atoms with E-state index in [-0.39, 0.29) is 5.97 Å². The van der Waals surface area contributed by atoms with E-state index in [4.69, 9.17) is 9.72 Å². The lowest BCUT2D eigenvalue weighted by molar-refractivity contribution is 0.0528. The van der Waals surface area contributed by atoms with Gasteiger partial charge < -0.3 is 4.74 Å². The number of carbonyl (C=O) groups excluding carboxylic acids is 1. The minimum Gasteiger partial charge on any atom is -0.462 e. The second-order valence-corrected chi connectivity index (χ2v) is 6.04. The van der Waals surface area contributed by atoms with Gasteiger partial charge in [0.1, 0.15) is 0 Å². The normalized spacial score (nSPS) is 10.9. The van der Waals surface area contributed by atoms with Gasteiger partial charge >= 0.3 is 5.97 Å². The van der Waals surface area contributed by atoms with E-state index in [2.05, 4.69) is 10.1 Å². The molecule has 0 aliphatic carbocycles. The largest absolute Gasteiger partial charge is 0.462 e. The molecule has 0 radical (unpaired) electrons. The molecule has 4 rings (SSSR count). The molecule has 3 heterocycles. The topological polar surface area (TPSA) is 69.9 Å². The Balaban J connectivity index is 2.03. The number of aromatic nitrogens is 4. The number of ether oxygens (including phenoxy) is 1. The number of hydrogen-bond acceptors (Lipinski definition) is 5. The van der Waals surface area contributed by atoms with Gasteiger partial charge in [-0.3, -0.25) is 4.98 Å². The van der Waals surface area contributed by atoms with Crippen molar-refractivity contribution in [3.8, 4) is 16.9 Å². The summed E-state index contributed by atoms with van der Waals surface area (Å²) in [6.07, 6.45) is 3.40. The maximum absolute atomic E-state index is 12.6. The van der Waals surface area contributed by atoms with Crippen LogP contribution >= 0.6 is 0 Å². The smallest absolute Gasteiger partial charge is 0.339 e. The van der Waals surface area contributed by atoms with Gasteiger partial charge in [0, 0.05) is 18.0 Å². The predicted molar refractivity (Wildman–Crippen MR) is 103 cm³/mol. The number of para-hydroxylation sites is 1. The Morgan fingerprint density at radius 3 is 2.56 bits per heavy atom. The van der Waals surface area contributed by atoms with E-state index >= 15 is 0 Å². The quantitative estimate of drug-likeness (QED) is 0.516. The lowest BCUT2D eigenvalue weighted by atomic mass is 10.1. The van der Waals surface area contributed by atoms with E-state index in [0.717, 1.165) is 16.9 Å². The number of carbonyl (C=O) groups is 1. The van der Waals surface area contributed by atoms with Gasteiger partial charge in [0.2, 0.25) is 0 Å². The van der Waals surface area contributed by atoms with Crippen LogP contribution in [-0.4, -0.2) is 32.3 Å². The molecular formula is C21H18N4O2. The van der Waals surface area contributed by atoms with Crippen LogP contribution in [0.4, 0.5) is 0 Å². The standard InChI is InChI=1S/C21H18N4O2/c1-3-27-21(26)17-13-18(15-9-11-22-12-10-15)23-20-19(17)14(2)24-25(20)16-7-5-4-6-8-16/h4-13H,3H2,1-2H3. The number of rotatable bonds is 4. The van der Waals surface area contributed by atoms with Gasteiger partial charge in [-0.05, 0) is 44.2 Å². The van der Waals surface area contributed by atoms with Gasteiger partial charge in [-0.2, -0.15) is 5.10 Å². The van der Waals surface area contributed by atoms with Crippen molar-refractivity contribution in [1.82, 2.24) is 19.7 Å². The third kappa shape index (κ3) is 3.06. The highest BCUT2D eigenvalue weighted by molar-refractivity contribution is 6.05.